The number of aliphatic hydroxyl groups excluding tert-OH is 1. The second-order valence-corrected chi connectivity index (χ2v) is 15.2. The van der Waals surface area contributed by atoms with Crippen molar-refractivity contribution in [3.63, 3.8) is 0 Å². The highest BCUT2D eigenvalue weighted by Crippen LogP contribution is 2.52. The summed E-state index contributed by atoms with van der Waals surface area (Å²) in [5.74, 6) is -2.76. The molecule has 0 bridgehead atoms. The number of amides is 3. The van der Waals surface area contributed by atoms with Crippen LogP contribution in [0.5, 0.6) is 0 Å². The molecule has 17 nitrogen and oxygen atoms in total. The molecule has 3 aliphatic rings. The Morgan fingerprint density at radius 1 is 0.946 bits per heavy atom. The fourth-order valence-corrected chi connectivity index (χ4v) is 8.75. The van der Waals surface area contributed by atoms with E-state index in [9.17, 15) is 44.5 Å². The predicted octanol–water partition coefficient (Wildman–Crippen LogP) is 4.27. The molecular weight excluding hydrogens is 749 g/mol. The standard InChI is InChI=1S/C38H40N6O11S/c1-22-32-31(23(2)45)36(47)42(32)33(37(48)54-20-25-5-9-27(10-6-25)43(50)51)34(22)56-29-18-30(35(46)40-15-3-4-24-13-16-39-17-14-24)41(19-29)38(49)55-21-26-7-11-28(12-8-26)44(52)53/h5-14,16-17,22-23,29-32,45H,3-4,15,18-21H2,1-2H3,(H,40,46)/t22-,23?,29+,30+,31-,32-/m1/s1. The number of thioether (sulfide) groups is 1. The van der Waals surface area contributed by atoms with E-state index in [1.54, 1.807) is 12.4 Å². The van der Waals surface area contributed by atoms with Crippen LogP contribution in [0.1, 0.15) is 43.4 Å². The zero-order valence-electron chi connectivity index (χ0n) is 30.5. The highest BCUT2D eigenvalue weighted by molar-refractivity contribution is 8.03. The number of carbonyl (C=O) groups excluding carboxylic acids is 4. The molecule has 4 heterocycles. The summed E-state index contributed by atoms with van der Waals surface area (Å²) in [7, 11) is 0. The summed E-state index contributed by atoms with van der Waals surface area (Å²) in [5.41, 5.74) is 1.84. The van der Waals surface area contributed by atoms with Gasteiger partial charge in [0.2, 0.25) is 11.8 Å². The van der Waals surface area contributed by atoms with Gasteiger partial charge >= 0.3 is 12.1 Å². The molecule has 0 radical (unpaired) electrons. The number of β-lactam (4-membered cyclic amide) rings is 1. The molecule has 56 heavy (non-hydrogen) atoms. The van der Waals surface area contributed by atoms with E-state index in [0.29, 0.717) is 35.4 Å². The van der Waals surface area contributed by atoms with Gasteiger partial charge in [-0.3, -0.25) is 39.7 Å². The van der Waals surface area contributed by atoms with Gasteiger partial charge in [0.1, 0.15) is 25.0 Å². The van der Waals surface area contributed by atoms with Gasteiger partial charge in [0.05, 0.1) is 27.9 Å². The van der Waals surface area contributed by atoms with Crippen molar-refractivity contribution in [2.45, 2.75) is 69.8 Å². The zero-order chi connectivity index (χ0) is 40.1. The third-order valence-electron chi connectivity index (χ3n) is 10.1. The molecule has 294 valence electrons. The van der Waals surface area contributed by atoms with E-state index in [2.05, 4.69) is 10.3 Å². The summed E-state index contributed by atoms with van der Waals surface area (Å²) in [6.45, 7) is 3.34. The molecule has 6 rings (SSSR count). The Morgan fingerprint density at radius 2 is 1.54 bits per heavy atom. The van der Waals surface area contributed by atoms with E-state index in [-0.39, 0.29) is 49.2 Å². The number of ether oxygens (including phenoxy) is 2. The molecule has 2 fully saturated rings. The lowest BCUT2D eigenvalue weighted by Gasteiger charge is -2.46. The predicted molar refractivity (Wildman–Crippen MR) is 200 cm³/mol. The van der Waals surface area contributed by atoms with Crippen molar-refractivity contribution in [2.75, 3.05) is 13.1 Å². The SMILES string of the molecule is CC(O)[C@H]1C(=O)N2C(C(=O)OCc3ccc([N+](=O)[O-])cc3)=C(S[C@H]3C[C@@H](C(=O)NCCCc4ccncc4)N(C(=O)OCc4ccc([N+](=O)[O-])cc4)C3)[C@H](C)[C@H]12. The van der Waals surface area contributed by atoms with Crippen LogP contribution in [-0.2, 0) is 43.5 Å². The van der Waals surface area contributed by atoms with Crippen molar-refractivity contribution < 1.29 is 43.6 Å². The number of benzene rings is 2. The van der Waals surface area contributed by atoms with Gasteiger partial charge < -0.3 is 24.8 Å². The van der Waals surface area contributed by atoms with Gasteiger partial charge in [-0.1, -0.05) is 6.92 Å². The molecule has 1 aromatic heterocycles. The Hall–Kier alpha value is -5.88. The molecule has 3 aliphatic heterocycles. The Bertz CT molecular complexity index is 2010. The normalized spacial score (nSPS) is 21.9. The monoisotopic (exact) mass is 788 g/mol. The molecule has 6 atom stereocenters. The topological polar surface area (TPSA) is 225 Å². The number of rotatable bonds is 15. The van der Waals surface area contributed by atoms with E-state index in [1.165, 1.54) is 77.0 Å². The number of nitro benzene ring substituents is 2. The van der Waals surface area contributed by atoms with Crippen LogP contribution >= 0.6 is 11.8 Å². The van der Waals surface area contributed by atoms with Crippen molar-refractivity contribution in [1.82, 2.24) is 20.1 Å². The number of carbonyl (C=O) groups is 4. The number of hydrogen-bond acceptors (Lipinski definition) is 13. The maximum Gasteiger partial charge on any atom is 0.410 e. The van der Waals surface area contributed by atoms with Crippen LogP contribution in [0.25, 0.3) is 0 Å². The van der Waals surface area contributed by atoms with E-state index in [1.807, 2.05) is 19.1 Å². The first kappa shape index (κ1) is 39.8. The van der Waals surface area contributed by atoms with Crippen LogP contribution in [0.3, 0.4) is 0 Å². The molecular formula is C38H40N6O11S. The summed E-state index contributed by atoms with van der Waals surface area (Å²) in [4.78, 5) is 82.6. The lowest BCUT2D eigenvalue weighted by atomic mass is 9.79. The van der Waals surface area contributed by atoms with Crippen LogP contribution < -0.4 is 5.32 Å². The number of hydrogen-bond donors (Lipinski definition) is 2. The Kier molecular flexibility index (Phi) is 12.3. The smallest absolute Gasteiger partial charge is 0.410 e. The number of aromatic nitrogens is 1. The highest BCUT2D eigenvalue weighted by atomic mass is 32.2. The van der Waals surface area contributed by atoms with Crippen molar-refractivity contribution in [3.8, 4) is 0 Å². The number of nitrogens with zero attached hydrogens (tertiary/aromatic N) is 5. The summed E-state index contributed by atoms with van der Waals surface area (Å²) in [5, 5.41) is 35.1. The van der Waals surface area contributed by atoms with E-state index >= 15 is 0 Å². The number of fused-ring (bicyclic) bond motifs is 1. The summed E-state index contributed by atoms with van der Waals surface area (Å²) in [6, 6.07) is 13.4. The van der Waals surface area contributed by atoms with Crippen molar-refractivity contribution in [1.29, 1.82) is 0 Å². The van der Waals surface area contributed by atoms with Gasteiger partial charge in [0.15, 0.2) is 0 Å². The van der Waals surface area contributed by atoms with Crippen molar-refractivity contribution in [3.05, 3.63) is 121 Å². The number of pyridine rings is 1. The third kappa shape index (κ3) is 8.65. The molecule has 0 saturated carbocycles. The number of nitrogens with one attached hydrogen (secondary N) is 1. The lowest BCUT2D eigenvalue weighted by molar-refractivity contribution is -0.385. The van der Waals surface area contributed by atoms with Crippen LogP contribution in [0.2, 0.25) is 0 Å². The zero-order valence-corrected chi connectivity index (χ0v) is 31.3. The fraction of sp³-hybridized carbons (Fsp3) is 0.395. The molecule has 2 saturated heterocycles. The van der Waals surface area contributed by atoms with Crippen LogP contribution in [0.4, 0.5) is 16.2 Å². The fourth-order valence-electron chi connectivity index (χ4n) is 7.23. The minimum atomic E-state index is -0.980. The van der Waals surface area contributed by atoms with E-state index in [4.69, 9.17) is 9.47 Å². The first-order valence-corrected chi connectivity index (χ1v) is 18.9. The van der Waals surface area contributed by atoms with Crippen molar-refractivity contribution in [2.24, 2.45) is 11.8 Å². The molecule has 0 spiro atoms. The number of esters is 1. The largest absolute Gasteiger partial charge is 0.456 e. The molecule has 0 aliphatic carbocycles. The lowest BCUT2D eigenvalue weighted by Crippen LogP contribution is -2.63. The molecule has 3 aromatic rings. The molecule has 3 amide bonds. The Morgan fingerprint density at radius 3 is 2.11 bits per heavy atom. The van der Waals surface area contributed by atoms with Crippen LogP contribution in [0, 0.1) is 32.1 Å². The summed E-state index contributed by atoms with van der Waals surface area (Å²) in [6.07, 6.45) is 3.16. The second-order valence-electron chi connectivity index (χ2n) is 13.8. The molecule has 2 N–H and O–H groups in total. The van der Waals surface area contributed by atoms with Crippen LogP contribution in [0.15, 0.2) is 83.7 Å². The van der Waals surface area contributed by atoms with Gasteiger partial charge in [0, 0.05) is 65.8 Å². The minimum absolute atomic E-state index is 0.0209. The number of aryl methyl sites for hydroxylation is 1. The number of likely N-dealkylation sites (tertiary alicyclic amines) is 1. The average molecular weight is 789 g/mol. The maximum absolute atomic E-state index is 13.8. The first-order chi connectivity index (χ1) is 26.8. The summed E-state index contributed by atoms with van der Waals surface area (Å²) >= 11 is 1.27. The van der Waals surface area contributed by atoms with Gasteiger partial charge in [-0.05, 0) is 79.3 Å². The van der Waals surface area contributed by atoms with Gasteiger partial charge in [-0.2, -0.15) is 0 Å². The minimum Gasteiger partial charge on any atom is -0.456 e. The Labute approximate surface area is 325 Å². The third-order valence-corrected chi connectivity index (χ3v) is 11.6. The van der Waals surface area contributed by atoms with Crippen LogP contribution in [-0.4, -0.2) is 90.1 Å². The maximum atomic E-state index is 13.8. The molecule has 2 aromatic carbocycles. The van der Waals surface area contributed by atoms with E-state index < -0.39 is 63.1 Å². The van der Waals surface area contributed by atoms with E-state index in [0.717, 1.165) is 5.56 Å². The summed E-state index contributed by atoms with van der Waals surface area (Å²) < 4.78 is 11.2. The van der Waals surface area contributed by atoms with Gasteiger partial charge in [-0.15, -0.1) is 11.8 Å². The molecule has 18 heteroatoms. The quantitative estimate of drug-likeness (QED) is 0.0723. The first-order valence-electron chi connectivity index (χ1n) is 18.0. The number of aliphatic hydroxyl groups is 1. The van der Waals surface area contributed by atoms with Gasteiger partial charge in [-0.25, -0.2) is 9.59 Å². The van der Waals surface area contributed by atoms with Gasteiger partial charge in [0.25, 0.3) is 11.4 Å². The number of nitro groups is 2. The highest BCUT2D eigenvalue weighted by Gasteiger charge is 2.60. The van der Waals surface area contributed by atoms with Crippen molar-refractivity contribution >= 4 is 47.0 Å². The average Bonchev–Trinajstić information content (AvgIpc) is 3.72. The second kappa shape index (κ2) is 17.3. The Balaban J connectivity index is 1.19. The number of non-ortho nitro benzene ring substituents is 2. The molecule has 1 unspecified atom stereocenters.